The van der Waals surface area contributed by atoms with Crippen LogP contribution in [0.5, 0.6) is 5.75 Å². The summed E-state index contributed by atoms with van der Waals surface area (Å²) in [4.78, 5) is 11.6. The second-order valence-corrected chi connectivity index (χ2v) is 6.05. The molecule has 2 rings (SSSR count). The molecule has 0 atom stereocenters. The highest BCUT2D eigenvalue weighted by Crippen LogP contribution is 2.25. The molecule has 0 heterocycles. The van der Waals surface area contributed by atoms with E-state index in [9.17, 15) is 9.18 Å². The summed E-state index contributed by atoms with van der Waals surface area (Å²) >= 11 is 6.60. The first-order valence-corrected chi connectivity index (χ1v) is 7.43. The molecule has 0 aromatic heterocycles. The van der Waals surface area contributed by atoms with Crippen LogP contribution in [0.2, 0.25) is 0 Å². The maximum atomic E-state index is 13.6. The van der Waals surface area contributed by atoms with Gasteiger partial charge >= 0.3 is 0 Å². The minimum Gasteiger partial charge on any atom is -0.488 e. The van der Waals surface area contributed by atoms with Gasteiger partial charge in [0.2, 0.25) is 0 Å². The molecule has 0 aliphatic heterocycles. The number of benzene rings is 2. The van der Waals surface area contributed by atoms with Gasteiger partial charge in [0.25, 0.3) is 0 Å². The van der Waals surface area contributed by atoms with Gasteiger partial charge in [0, 0.05) is 14.5 Å². The predicted molar refractivity (Wildman–Crippen MR) is 82.6 cm³/mol. The number of Topliss-reactive ketones (excluding diaryl/α,β-unsaturated/α-hetero) is 1. The van der Waals surface area contributed by atoms with E-state index in [-0.39, 0.29) is 18.2 Å². The van der Waals surface area contributed by atoms with Crippen LogP contribution in [0.25, 0.3) is 0 Å². The van der Waals surface area contributed by atoms with Crippen molar-refractivity contribution in [1.29, 1.82) is 0 Å². The van der Waals surface area contributed by atoms with E-state index in [2.05, 4.69) is 31.9 Å². The Balaban J connectivity index is 2.23. The molecule has 0 aliphatic rings. The SMILES string of the molecule is CC(=O)c1cc(Br)ccc1OCc1cc(Br)ccc1F. The molecule has 0 aliphatic carbocycles. The van der Waals surface area contributed by atoms with Crippen molar-refractivity contribution in [2.75, 3.05) is 0 Å². The van der Waals surface area contributed by atoms with Gasteiger partial charge in [-0.1, -0.05) is 31.9 Å². The quantitative estimate of drug-likeness (QED) is 0.663. The summed E-state index contributed by atoms with van der Waals surface area (Å²) in [6.45, 7) is 1.53. The first kappa shape index (κ1) is 15.2. The molecule has 0 saturated carbocycles. The lowest BCUT2D eigenvalue weighted by molar-refractivity contribution is 0.101. The van der Waals surface area contributed by atoms with Gasteiger partial charge in [0.05, 0.1) is 5.56 Å². The largest absolute Gasteiger partial charge is 0.488 e. The van der Waals surface area contributed by atoms with E-state index in [0.717, 1.165) is 8.95 Å². The predicted octanol–water partition coefficient (Wildman–Crippen LogP) is 5.13. The average molecular weight is 402 g/mol. The Morgan fingerprint density at radius 2 is 1.80 bits per heavy atom. The third-order valence-electron chi connectivity index (χ3n) is 2.71. The van der Waals surface area contributed by atoms with Crippen molar-refractivity contribution >= 4 is 37.6 Å². The van der Waals surface area contributed by atoms with Crippen molar-refractivity contribution in [3.8, 4) is 5.75 Å². The Bertz CT molecular complexity index is 656. The van der Waals surface area contributed by atoms with E-state index in [1.807, 2.05) is 0 Å². The zero-order valence-corrected chi connectivity index (χ0v) is 13.8. The fourth-order valence-electron chi connectivity index (χ4n) is 1.71. The van der Waals surface area contributed by atoms with Crippen molar-refractivity contribution in [1.82, 2.24) is 0 Å². The molecule has 2 nitrogen and oxygen atoms in total. The Morgan fingerprint density at radius 1 is 1.15 bits per heavy atom. The van der Waals surface area contributed by atoms with E-state index in [0.29, 0.717) is 16.9 Å². The number of hydrogen-bond acceptors (Lipinski definition) is 2. The fourth-order valence-corrected chi connectivity index (χ4v) is 2.48. The van der Waals surface area contributed by atoms with Crippen molar-refractivity contribution in [3.05, 3.63) is 62.3 Å². The van der Waals surface area contributed by atoms with Crippen LogP contribution in [0, 0.1) is 5.82 Å². The molecule has 20 heavy (non-hydrogen) atoms. The molecule has 0 saturated heterocycles. The van der Waals surface area contributed by atoms with Crippen LogP contribution in [0.1, 0.15) is 22.8 Å². The van der Waals surface area contributed by atoms with Gasteiger partial charge in [0.15, 0.2) is 5.78 Å². The van der Waals surface area contributed by atoms with E-state index in [4.69, 9.17) is 4.74 Å². The van der Waals surface area contributed by atoms with E-state index >= 15 is 0 Å². The second kappa shape index (κ2) is 6.50. The lowest BCUT2D eigenvalue weighted by Gasteiger charge is -2.11. The molecule has 0 spiro atoms. The van der Waals surface area contributed by atoms with Crippen molar-refractivity contribution in [3.63, 3.8) is 0 Å². The van der Waals surface area contributed by atoms with Gasteiger partial charge in [-0.25, -0.2) is 4.39 Å². The van der Waals surface area contributed by atoms with Crippen LogP contribution in [-0.2, 0) is 6.61 Å². The summed E-state index contributed by atoms with van der Waals surface area (Å²) in [5.41, 5.74) is 0.895. The van der Waals surface area contributed by atoms with Crippen molar-refractivity contribution in [2.45, 2.75) is 13.5 Å². The fraction of sp³-hybridized carbons (Fsp3) is 0.133. The standard InChI is InChI=1S/C15H11Br2FO2/c1-9(19)13-7-12(17)3-5-15(13)20-8-10-6-11(16)2-4-14(10)18/h2-7H,8H2,1H3. The average Bonchev–Trinajstić information content (AvgIpc) is 2.40. The number of ketones is 1. The number of carbonyl (C=O) groups excluding carboxylic acids is 1. The topological polar surface area (TPSA) is 26.3 Å². The van der Waals surface area contributed by atoms with Crippen molar-refractivity contribution in [2.24, 2.45) is 0 Å². The first-order valence-electron chi connectivity index (χ1n) is 5.84. The van der Waals surface area contributed by atoms with Crippen LogP contribution in [-0.4, -0.2) is 5.78 Å². The summed E-state index contributed by atoms with van der Waals surface area (Å²) in [6.07, 6.45) is 0. The maximum Gasteiger partial charge on any atom is 0.163 e. The normalized spacial score (nSPS) is 10.4. The van der Waals surface area contributed by atoms with Gasteiger partial charge in [-0.3, -0.25) is 4.79 Å². The summed E-state index contributed by atoms with van der Waals surface area (Å²) in [5.74, 6) is 0.00535. The van der Waals surface area contributed by atoms with Crippen LogP contribution >= 0.6 is 31.9 Å². The minimum absolute atomic E-state index is 0.0627. The molecule has 0 fully saturated rings. The van der Waals surface area contributed by atoms with Crippen LogP contribution in [0.4, 0.5) is 4.39 Å². The molecular formula is C15H11Br2FO2. The molecule has 5 heteroatoms. The molecule has 0 N–H and O–H groups in total. The number of rotatable bonds is 4. The highest BCUT2D eigenvalue weighted by Gasteiger charge is 2.11. The number of ether oxygens (including phenoxy) is 1. The van der Waals surface area contributed by atoms with Crippen molar-refractivity contribution < 1.29 is 13.9 Å². The Kier molecular flexibility index (Phi) is 4.94. The number of carbonyl (C=O) groups is 1. The lowest BCUT2D eigenvalue weighted by atomic mass is 10.1. The summed E-state index contributed by atoms with van der Waals surface area (Å²) in [5, 5.41) is 0. The second-order valence-electron chi connectivity index (χ2n) is 4.22. The molecule has 0 bridgehead atoms. The van der Waals surface area contributed by atoms with E-state index < -0.39 is 0 Å². The van der Waals surface area contributed by atoms with E-state index in [1.54, 1.807) is 30.3 Å². The maximum absolute atomic E-state index is 13.6. The van der Waals surface area contributed by atoms with Crippen LogP contribution < -0.4 is 4.74 Å². The summed E-state index contributed by atoms with van der Waals surface area (Å²) < 4.78 is 20.8. The minimum atomic E-state index is -0.338. The lowest BCUT2D eigenvalue weighted by Crippen LogP contribution is -2.03. The molecular weight excluding hydrogens is 391 g/mol. The van der Waals surface area contributed by atoms with Crippen LogP contribution in [0.15, 0.2) is 45.3 Å². The van der Waals surface area contributed by atoms with E-state index in [1.165, 1.54) is 13.0 Å². The summed E-state index contributed by atoms with van der Waals surface area (Å²) in [6, 6.07) is 9.81. The first-order chi connectivity index (χ1) is 9.47. The summed E-state index contributed by atoms with van der Waals surface area (Å²) in [7, 11) is 0. The zero-order valence-electron chi connectivity index (χ0n) is 10.6. The van der Waals surface area contributed by atoms with Gasteiger partial charge in [0.1, 0.15) is 18.2 Å². The molecule has 104 valence electrons. The van der Waals surface area contributed by atoms with Gasteiger partial charge in [-0.05, 0) is 43.3 Å². The van der Waals surface area contributed by atoms with Crippen LogP contribution in [0.3, 0.4) is 0 Å². The van der Waals surface area contributed by atoms with Gasteiger partial charge < -0.3 is 4.74 Å². The van der Waals surface area contributed by atoms with Gasteiger partial charge in [-0.2, -0.15) is 0 Å². The molecule has 0 unspecified atom stereocenters. The zero-order chi connectivity index (χ0) is 14.7. The van der Waals surface area contributed by atoms with Gasteiger partial charge in [-0.15, -0.1) is 0 Å². The highest BCUT2D eigenvalue weighted by atomic mass is 79.9. The highest BCUT2D eigenvalue weighted by molar-refractivity contribution is 9.10. The number of halogens is 3. The monoisotopic (exact) mass is 400 g/mol. The Morgan fingerprint density at radius 3 is 2.50 bits per heavy atom. The third kappa shape index (κ3) is 3.67. The third-order valence-corrected chi connectivity index (χ3v) is 3.70. The molecule has 0 amide bonds. The number of hydrogen-bond donors (Lipinski definition) is 0. The Hall–Kier alpha value is -1.20. The molecule has 2 aromatic carbocycles. The Labute approximate surface area is 133 Å². The molecule has 0 radical (unpaired) electrons. The molecule has 2 aromatic rings. The smallest absolute Gasteiger partial charge is 0.163 e.